The predicted octanol–water partition coefficient (Wildman–Crippen LogP) is 2.76. The number of ketones is 1. The summed E-state index contributed by atoms with van der Waals surface area (Å²) in [6.45, 7) is 1.88. The number of rotatable bonds is 4. The molecule has 0 aliphatic carbocycles. The van der Waals surface area contributed by atoms with Crippen molar-refractivity contribution in [3.63, 3.8) is 0 Å². The van der Waals surface area contributed by atoms with Crippen LogP contribution in [-0.4, -0.2) is 36.5 Å². The van der Waals surface area contributed by atoms with E-state index in [0.717, 1.165) is 0 Å². The Kier molecular flexibility index (Phi) is 4.02. The zero-order chi connectivity index (χ0) is 16.4. The van der Waals surface area contributed by atoms with E-state index in [1.807, 2.05) is 6.07 Å². The molecular weight excluding hydrogens is 294 g/mol. The van der Waals surface area contributed by atoms with Gasteiger partial charge in [0.2, 0.25) is 6.79 Å². The molecule has 0 N–H and O–H groups in total. The van der Waals surface area contributed by atoms with Gasteiger partial charge in [-0.25, -0.2) is 0 Å². The molecule has 0 fully saturated rings. The Morgan fingerprint density at radius 1 is 1.00 bits per heavy atom. The Morgan fingerprint density at radius 2 is 1.70 bits per heavy atom. The monoisotopic (exact) mass is 311 g/mol. The highest BCUT2D eigenvalue weighted by atomic mass is 16.7. The van der Waals surface area contributed by atoms with Crippen molar-refractivity contribution in [3.05, 3.63) is 59.7 Å². The van der Waals surface area contributed by atoms with Gasteiger partial charge in [0, 0.05) is 18.2 Å². The van der Waals surface area contributed by atoms with Crippen LogP contribution in [-0.2, 0) is 0 Å². The molecule has 2 aromatic carbocycles. The van der Waals surface area contributed by atoms with Crippen LogP contribution in [0.3, 0.4) is 0 Å². The van der Waals surface area contributed by atoms with Gasteiger partial charge in [0.15, 0.2) is 17.3 Å². The molecule has 1 atom stereocenters. The third-order valence-corrected chi connectivity index (χ3v) is 3.96. The molecule has 1 aliphatic heterocycles. The summed E-state index contributed by atoms with van der Waals surface area (Å²) in [6, 6.07) is 13.4. The van der Waals surface area contributed by atoms with E-state index in [2.05, 4.69) is 0 Å². The highest BCUT2D eigenvalue weighted by molar-refractivity contribution is 6.04. The number of Topliss-reactive ketones (excluding diaryl/α,β-unsaturated/α-hetero) is 1. The van der Waals surface area contributed by atoms with Gasteiger partial charge >= 0.3 is 0 Å². The fourth-order valence-corrected chi connectivity index (χ4v) is 2.43. The summed E-state index contributed by atoms with van der Waals surface area (Å²) in [5, 5.41) is 0. The first-order valence-electron chi connectivity index (χ1n) is 7.34. The van der Waals surface area contributed by atoms with Gasteiger partial charge in [-0.1, -0.05) is 18.2 Å². The number of benzene rings is 2. The lowest BCUT2D eigenvalue weighted by atomic mass is 10.0. The minimum Gasteiger partial charge on any atom is -0.454 e. The lowest BCUT2D eigenvalue weighted by Gasteiger charge is -2.24. The summed E-state index contributed by atoms with van der Waals surface area (Å²) in [5.74, 6) is 0.852. The minimum atomic E-state index is -0.580. The maximum absolute atomic E-state index is 12.6. The van der Waals surface area contributed by atoms with Crippen molar-refractivity contribution < 1.29 is 19.1 Å². The van der Waals surface area contributed by atoms with Crippen LogP contribution < -0.4 is 9.47 Å². The lowest BCUT2D eigenvalue weighted by Crippen LogP contribution is -2.40. The molecule has 1 amide bonds. The second-order valence-electron chi connectivity index (χ2n) is 5.39. The number of likely N-dealkylation sites (N-methyl/N-ethyl adjacent to an activating group) is 1. The number of amides is 1. The molecule has 0 radical (unpaired) electrons. The number of nitrogens with zero attached hydrogens (tertiary/aromatic N) is 1. The van der Waals surface area contributed by atoms with E-state index in [1.165, 1.54) is 4.90 Å². The molecule has 1 heterocycles. The third kappa shape index (κ3) is 2.90. The first-order chi connectivity index (χ1) is 11.1. The minimum absolute atomic E-state index is 0.143. The van der Waals surface area contributed by atoms with Gasteiger partial charge in [0.1, 0.15) is 0 Å². The smallest absolute Gasteiger partial charge is 0.254 e. The fourth-order valence-electron chi connectivity index (χ4n) is 2.43. The standard InChI is InChI=1S/C18H17NO4/c1-12(19(2)18(21)13-6-4-3-5-7-13)17(20)14-8-9-15-16(10-14)23-11-22-15/h3-10,12H,11H2,1-2H3/t12-/m1/s1. The number of hydrogen-bond acceptors (Lipinski definition) is 4. The van der Waals surface area contributed by atoms with E-state index in [9.17, 15) is 9.59 Å². The van der Waals surface area contributed by atoms with Gasteiger partial charge in [-0.15, -0.1) is 0 Å². The van der Waals surface area contributed by atoms with Gasteiger partial charge in [-0.05, 0) is 37.3 Å². The molecule has 2 aromatic rings. The van der Waals surface area contributed by atoms with Crippen LogP contribution in [0.2, 0.25) is 0 Å². The van der Waals surface area contributed by atoms with Crippen LogP contribution in [0, 0.1) is 0 Å². The second kappa shape index (κ2) is 6.12. The van der Waals surface area contributed by atoms with Gasteiger partial charge < -0.3 is 14.4 Å². The summed E-state index contributed by atoms with van der Waals surface area (Å²) in [5.41, 5.74) is 1.05. The predicted molar refractivity (Wildman–Crippen MR) is 84.9 cm³/mol. The maximum Gasteiger partial charge on any atom is 0.254 e. The fraction of sp³-hybridized carbons (Fsp3) is 0.222. The van der Waals surface area contributed by atoms with Crippen molar-refractivity contribution >= 4 is 11.7 Å². The topological polar surface area (TPSA) is 55.8 Å². The molecule has 1 aliphatic rings. The quantitative estimate of drug-likeness (QED) is 0.815. The summed E-state index contributed by atoms with van der Waals surface area (Å²) in [4.78, 5) is 26.5. The van der Waals surface area contributed by atoms with Crippen molar-refractivity contribution in [3.8, 4) is 11.5 Å². The molecule has 0 aromatic heterocycles. The second-order valence-corrected chi connectivity index (χ2v) is 5.39. The van der Waals surface area contributed by atoms with E-state index >= 15 is 0 Å². The Labute approximate surface area is 134 Å². The summed E-state index contributed by atoms with van der Waals surface area (Å²) in [7, 11) is 1.63. The van der Waals surface area contributed by atoms with E-state index < -0.39 is 6.04 Å². The largest absolute Gasteiger partial charge is 0.454 e. The van der Waals surface area contributed by atoms with Crippen LogP contribution in [0.1, 0.15) is 27.6 Å². The van der Waals surface area contributed by atoms with Crippen LogP contribution in [0.5, 0.6) is 11.5 Å². The van der Waals surface area contributed by atoms with E-state index in [4.69, 9.17) is 9.47 Å². The molecule has 0 saturated heterocycles. The van der Waals surface area contributed by atoms with E-state index in [-0.39, 0.29) is 18.5 Å². The molecule has 0 saturated carbocycles. The van der Waals surface area contributed by atoms with Crippen molar-refractivity contribution in [2.75, 3.05) is 13.8 Å². The number of carbonyl (C=O) groups excluding carboxylic acids is 2. The lowest BCUT2D eigenvalue weighted by molar-refractivity contribution is 0.0675. The number of ether oxygens (including phenoxy) is 2. The molecular formula is C18H17NO4. The first-order valence-corrected chi connectivity index (χ1v) is 7.34. The molecule has 0 bridgehead atoms. The Morgan fingerprint density at radius 3 is 2.43 bits per heavy atom. The van der Waals surface area contributed by atoms with Crippen molar-refractivity contribution in [1.29, 1.82) is 0 Å². The molecule has 3 rings (SSSR count). The van der Waals surface area contributed by atoms with Crippen molar-refractivity contribution in [1.82, 2.24) is 4.90 Å². The van der Waals surface area contributed by atoms with E-state index in [1.54, 1.807) is 56.4 Å². The van der Waals surface area contributed by atoms with E-state index in [0.29, 0.717) is 22.6 Å². The molecule has 23 heavy (non-hydrogen) atoms. The third-order valence-electron chi connectivity index (χ3n) is 3.96. The zero-order valence-corrected chi connectivity index (χ0v) is 13.0. The van der Waals surface area contributed by atoms with Gasteiger partial charge in [0.25, 0.3) is 5.91 Å². The average molecular weight is 311 g/mol. The molecule has 0 spiro atoms. The van der Waals surface area contributed by atoms with Gasteiger partial charge in [0.05, 0.1) is 6.04 Å². The van der Waals surface area contributed by atoms with Crippen LogP contribution in [0.25, 0.3) is 0 Å². The molecule has 0 unspecified atom stereocenters. The normalized spacial score (nSPS) is 13.5. The SMILES string of the molecule is C[C@H](C(=O)c1ccc2c(c1)OCO2)N(C)C(=O)c1ccccc1. The Bertz CT molecular complexity index is 742. The maximum atomic E-state index is 12.6. The summed E-state index contributed by atoms with van der Waals surface area (Å²) >= 11 is 0. The van der Waals surface area contributed by atoms with Crippen LogP contribution in [0.4, 0.5) is 0 Å². The zero-order valence-electron chi connectivity index (χ0n) is 13.0. The van der Waals surface area contributed by atoms with Gasteiger partial charge in [-0.3, -0.25) is 9.59 Å². The molecule has 5 nitrogen and oxygen atoms in total. The highest BCUT2D eigenvalue weighted by Crippen LogP contribution is 2.33. The van der Waals surface area contributed by atoms with Crippen LogP contribution in [0.15, 0.2) is 48.5 Å². The average Bonchev–Trinajstić information content (AvgIpc) is 3.07. The Balaban J connectivity index is 1.78. The molecule has 5 heteroatoms. The summed E-state index contributed by atoms with van der Waals surface area (Å²) in [6.07, 6.45) is 0. The number of carbonyl (C=O) groups is 2. The Hall–Kier alpha value is -2.82. The molecule has 118 valence electrons. The van der Waals surface area contributed by atoms with Gasteiger partial charge in [-0.2, -0.15) is 0 Å². The number of hydrogen-bond donors (Lipinski definition) is 0. The summed E-state index contributed by atoms with van der Waals surface area (Å²) < 4.78 is 10.5. The van der Waals surface area contributed by atoms with Crippen LogP contribution >= 0.6 is 0 Å². The highest BCUT2D eigenvalue weighted by Gasteiger charge is 2.25. The number of fused-ring (bicyclic) bond motifs is 1. The first kappa shape index (κ1) is 15.1. The van der Waals surface area contributed by atoms with Crippen molar-refractivity contribution in [2.45, 2.75) is 13.0 Å². The van der Waals surface area contributed by atoms with Crippen molar-refractivity contribution in [2.24, 2.45) is 0 Å².